The van der Waals surface area contributed by atoms with Crippen molar-refractivity contribution >= 4 is 17.9 Å². The van der Waals surface area contributed by atoms with Crippen molar-refractivity contribution < 1.29 is 28.6 Å². The van der Waals surface area contributed by atoms with Crippen molar-refractivity contribution in [3.8, 4) is 0 Å². The predicted molar refractivity (Wildman–Crippen MR) is 339 cm³/mol. The minimum Gasteiger partial charge on any atom is -0.462 e. The molecule has 0 bridgehead atoms. The summed E-state index contributed by atoms with van der Waals surface area (Å²) in [5, 5.41) is 0. The minimum atomic E-state index is -0.784. The maximum absolute atomic E-state index is 12.9. The van der Waals surface area contributed by atoms with Crippen LogP contribution in [-0.4, -0.2) is 37.2 Å². The van der Waals surface area contributed by atoms with Gasteiger partial charge in [-0.2, -0.15) is 0 Å². The molecule has 78 heavy (non-hydrogen) atoms. The smallest absolute Gasteiger partial charge is 0.306 e. The van der Waals surface area contributed by atoms with E-state index in [1.807, 2.05) is 0 Å². The highest BCUT2D eigenvalue weighted by Gasteiger charge is 2.19. The van der Waals surface area contributed by atoms with Crippen LogP contribution in [-0.2, 0) is 28.6 Å². The fourth-order valence-corrected chi connectivity index (χ4v) is 10.0. The predicted octanol–water partition coefficient (Wildman–Crippen LogP) is 23.5. The summed E-state index contributed by atoms with van der Waals surface area (Å²) in [5.74, 6) is -0.883. The lowest BCUT2D eigenvalue weighted by Gasteiger charge is -2.18. The Bertz CT molecular complexity index is 1390. The van der Waals surface area contributed by atoms with Gasteiger partial charge in [-0.1, -0.05) is 300 Å². The first-order valence-corrected chi connectivity index (χ1v) is 34.3. The second-order valence-electron chi connectivity index (χ2n) is 23.1. The molecule has 6 nitrogen and oxygen atoms in total. The van der Waals surface area contributed by atoms with Crippen LogP contribution in [0.25, 0.3) is 0 Å². The average molecular weight is 1090 g/mol. The standard InChI is InChI=1S/C72H130O6/c1-4-7-10-13-16-19-22-25-27-29-31-32-33-34-35-36-37-38-39-40-41-43-44-47-50-53-56-59-62-65-71(74)77-68-69(67-76-70(73)64-61-58-55-52-49-46-24-21-18-15-12-9-6-3)78-72(75)66-63-60-57-54-51-48-45-42-30-28-26-23-20-17-14-11-8-5-2/h12,15,20-21,23-24,28-31,69H,4-11,13-14,16-19,22,25-27,32-68H2,1-3H3/b15-12-,23-20-,24-21-,30-28-,31-29-. The number of hydrogen-bond acceptors (Lipinski definition) is 6. The number of carbonyl (C=O) groups is 3. The molecule has 0 aromatic carbocycles. The van der Waals surface area contributed by atoms with Gasteiger partial charge < -0.3 is 14.2 Å². The summed E-state index contributed by atoms with van der Waals surface area (Å²) in [7, 11) is 0. The molecule has 0 aliphatic rings. The largest absolute Gasteiger partial charge is 0.462 e. The first-order chi connectivity index (χ1) is 38.5. The van der Waals surface area contributed by atoms with E-state index in [4.69, 9.17) is 14.2 Å². The highest BCUT2D eigenvalue weighted by Crippen LogP contribution is 2.17. The Hall–Kier alpha value is -2.89. The van der Waals surface area contributed by atoms with Gasteiger partial charge in [0.25, 0.3) is 0 Å². The van der Waals surface area contributed by atoms with E-state index in [-0.39, 0.29) is 31.1 Å². The number of esters is 3. The van der Waals surface area contributed by atoms with Gasteiger partial charge in [-0.25, -0.2) is 0 Å². The summed E-state index contributed by atoms with van der Waals surface area (Å²) in [5.41, 5.74) is 0. The second-order valence-corrected chi connectivity index (χ2v) is 23.1. The fourth-order valence-electron chi connectivity index (χ4n) is 10.0. The van der Waals surface area contributed by atoms with Crippen molar-refractivity contribution in [3.63, 3.8) is 0 Å². The Morgan fingerprint density at radius 2 is 0.487 bits per heavy atom. The summed E-state index contributed by atoms with van der Waals surface area (Å²) >= 11 is 0. The zero-order valence-electron chi connectivity index (χ0n) is 52.2. The van der Waals surface area contributed by atoms with Crippen molar-refractivity contribution in [2.45, 2.75) is 367 Å². The number of allylic oxidation sites excluding steroid dienone is 10. The van der Waals surface area contributed by atoms with Crippen molar-refractivity contribution in [1.82, 2.24) is 0 Å². The van der Waals surface area contributed by atoms with Crippen LogP contribution in [0.1, 0.15) is 361 Å². The highest BCUT2D eigenvalue weighted by molar-refractivity contribution is 5.71. The topological polar surface area (TPSA) is 78.9 Å². The van der Waals surface area contributed by atoms with E-state index < -0.39 is 6.10 Å². The first kappa shape index (κ1) is 75.1. The van der Waals surface area contributed by atoms with E-state index in [2.05, 4.69) is 81.5 Å². The molecule has 0 aromatic heterocycles. The number of hydrogen-bond donors (Lipinski definition) is 0. The number of carbonyl (C=O) groups excluding carboxylic acids is 3. The SMILES string of the molecule is CCC/C=C\C/C=C\CCCCCCCC(=O)OCC(COC(=O)CCCCCCCCCCCCCCCCCCC/C=C\CCCCCCCCCC)OC(=O)CCCCCCCCC/C=C\C/C=C\CCCCCC. The zero-order chi connectivity index (χ0) is 56.4. The lowest BCUT2D eigenvalue weighted by atomic mass is 10.0. The third-order valence-electron chi connectivity index (χ3n) is 15.2. The number of unbranched alkanes of at least 4 members (excludes halogenated alkanes) is 42. The van der Waals surface area contributed by atoms with Gasteiger partial charge in [0.15, 0.2) is 6.10 Å². The van der Waals surface area contributed by atoms with Crippen molar-refractivity contribution in [1.29, 1.82) is 0 Å². The van der Waals surface area contributed by atoms with E-state index in [0.717, 1.165) is 96.3 Å². The van der Waals surface area contributed by atoms with Crippen LogP contribution in [0.4, 0.5) is 0 Å². The van der Waals surface area contributed by atoms with E-state index in [9.17, 15) is 14.4 Å². The quantitative estimate of drug-likeness (QED) is 0.0261. The van der Waals surface area contributed by atoms with Crippen molar-refractivity contribution in [2.24, 2.45) is 0 Å². The normalized spacial score (nSPS) is 12.4. The summed E-state index contributed by atoms with van der Waals surface area (Å²) < 4.78 is 16.9. The first-order valence-electron chi connectivity index (χ1n) is 34.3. The fraction of sp³-hybridized carbons (Fsp3) is 0.819. The Morgan fingerprint density at radius 3 is 0.782 bits per heavy atom. The molecule has 1 atom stereocenters. The highest BCUT2D eigenvalue weighted by atomic mass is 16.6. The third kappa shape index (κ3) is 63.9. The zero-order valence-corrected chi connectivity index (χ0v) is 52.2. The van der Waals surface area contributed by atoms with Crippen LogP contribution in [0.5, 0.6) is 0 Å². The molecule has 0 amide bonds. The maximum atomic E-state index is 12.9. The van der Waals surface area contributed by atoms with Crippen LogP contribution < -0.4 is 0 Å². The van der Waals surface area contributed by atoms with Crippen LogP contribution in [0, 0.1) is 0 Å². The van der Waals surface area contributed by atoms with Crippen LogP contribution in [0.3, 0.4) is 0 Å². The van der Waals surface area contributed by atoms with Gasteiger partial charge in [-0.05, 0) is 103 Å². The molecule has 0 rings (SSSR count). The van der Waals surface area contributed by atoms with Crippen LogP contribution in [0.15, 0.2) is 60.8 Å². The van der Waals surface area contributed by atoms with E-state index in [1.165, 1.54) is 225 Å². The van der Waals surface area contributed by atoms with Gasteiger partial charge in [-0.15, -0.1) is 0 Å². The molecule has 454 valence electrons. The molecule has 0 aliphatic heterocycles. The molecule has 0 saturated carbocycles. The molecule has 0 saturated heterocycles. The molecule has 0 N–H and O–H groups in total. The molecular weight excluding hydrogens is 961 g/mol. The van der Waals surface area contributed by atoms with E-state index >= 15 is 0 Å². The Balaban J connectivity index is 4.21. The van der Waals surface area contributed by atoms with Gasteiger partial charge in [0.2, 0.25) is 0 Å². The summed E-state index contributed by atoms with van der Waals surface area (Å²) in [6.07, 6.45) is 85.4. The molecule has 1 unspecified atom stereocenters. The van der Waals surface area contributed by atoms with Crippen LogP contribution >= 0.6 is 0 Å². The molecule has 0 fully saturated rings. The molecule has 0 spiro atoms. The lowest BCUT2D eigenvalue weighted by Crippen LogP contribution is -2.30. The second kappa shape index (κ2) is 66.6. The number of rotatable bonds is 63. The maximum Gasteiger partial charge on any atom is 0.306 e. The molecule has 0 aliphatic carbocycles. The molecule has 0 radical (unpaired) electrons. The molecular formula is C72H130O6. The monoisotopic (exact) mass is 1090 g/mol. The summed E-state index contributed by atoms with van der Waals surface area (Å²) in [6, 6.07) is 0. The van der Waals surface area contributed by atoms with E-state index in [0.29, 0.717) is 19.3 Å². The average Bonchev–Trinajstić information content (AvgIpc) is 3.44. The third-order valence-corrected chi connectivity index (χ3v) is 15.2. The Kier molecular flexibility index (Phi) is 64.2. The molecule has 0 aromatic rings. The van der Waals surface area contributed by atoms with Gasteiger partial charge in [-0.3, -0.25) is 14.4 Å². The summed E-state index contributed by atoms with van der Waals surface area (Å²) in [6.45, 7) is 6.59. The van der Waals surface area contributed by atoms with Gasteiger partial charge in [0, 0.05) is 19.3 Å². The van der Waals surface area contributed by atoms with E-state index in [1.54, 1.807) is 0 Å². The lowest BCUT2D eigenvalue weighted by molar-refractivity contribution is -0.167. The van der Waals surface area contributed by atoms with Crippen LogP contribution in [0.2, 0.25) is 0 Å². The van der Waals surface area contributed by atoms with Crippen molar-refractivity contribution in [3.05, 3.63) is 60.8 Å². The van der Waals surface area contributed by atoms with Gasteiger partial charge in [0.1, 0.15) is 13.2 Å². The Labute approximate surface area is 485 Å². The number of ether oxygens (including phenoxy) is 3. The summed E-state index contributed by atoms with van der Waals surface area (Å²) in [4.78, 5) is 38.3. The van der Waals surface area contributed by atoms with Crippen molar-refractivity contribution in [2.75, 3.05) is 13.2 Å². The molecule has 0 heterocycles. The Morgan fingerprint density at radius 1 is 0.256 bits per heavy atom. The van der Waals surface area contributed by atoms with Gasteiger partial charge in [0.05, 0.1) is 0 Å². The minimum absolute atomic E-state index is 0.0793. The molecule has 6 heteroatoms. The van der Waals surface area contributed by atoms with Gasteiger partial charge >= 0.3 is 17.9 Å².